The van der Waals surface area contributed by atoms with Crippen LogP contribution in [0.3, 0.4) is 0 Å². The second kappa shape index (κ2) is 5.26. The van der Waals surface area contributed by atoms with Gasteiger partial charge in [-0.3, -0.25) is 0 Å². The summed E-state index contributed by atoms with van der Waals surface area (Å²) in [6.07, 6.45) is 0. The van der Waals surface area contributed by atoms with Gasteiger partial charge in [-0.05, 0) is 24.3 Å². The van der Waals surface area contributed by atoms with Gasteiger partial charge in [0.1, 0.15) is 0 Å². The summed E-state index contributed by atoms with van der Waals surface area (Å²) in [5, 5.41) is 1.81. The molecule has 90 valence electrons. The molecule has 0 radical (unpaired) electrons. The third kappa shape index (κ3) is 3.35. The SMILES string of the molecule is O=S(=O)(NCc1cscn1)c1ccc(Br)cc1. The third-order valence-electron chi connectivity index (χ3n) is 2.05. The van der Waals surface area contributed by atoms with Gasteiger partial charge < -0.3 is 0 Å². The minimum absolute atomic E-state index is 0.210. The van der Waals surface area contributed by atoms with Crippen molar-refractivity contribution in [3.8, 4) is 0 Å². The van der Waals surface area contributed by atoms with Crippen LogP contribution in [0, 0.1) is 0 Å². The Kier molecular flexibility index (Phi) is 3.93. The van der Waals surface area contributed by atoms with Gasteiger partial charge in [-0.25, -0.2) is 18.1 Å². The van der Waals surface area contributed by atoms with Crippen LogP contribution in [0.25, 0.3) is 0 Å². The van der Waals surface area contributed by atoms with Crippen LogP contribution in [0.1, 0.15) is 5.69 Å². The number of nitrogens with zero attached hydrogens (tertiary/aromatic N) is 1. The van der Waals surface area contributed by atoms with Gasteiger partial charge in [-0.1, -0.05) is 15.9 Å². The predicted molar refractivity (Wildman–Crippen MR) is 70.3 cm³/mol. The first-order valence-electron chi connectivity index (χ1n) is 4.70. The molecule has 0 unspecified atom stereocenters. The molecule has 0 aliphatic heterocycles. The molecule has 1 aromatic carbocycles. The molecule has 17 heavy (non-hydrogen) atoms. The third-order valence-corrected chi connectivity index (χ3v) is 4.63. The maximum atomic E-state index is 11.9. The minimum Gasteiger partial charge on any atom is -0.248 e. The highest BCUT2D eigenvalue weighted by atomic mass is 79.9. The average molecular weight is 333 g/mol. The van der Waals surface area contributed by atoms with E-state index in [9.17, 15) is 8.42 Å². The molecule has 0 aliphatic rings. The quantitative estimate of drug-likeness (QED) is 0.935. The van der Waals surface area contributed by atoms with Gasteiger partial charge in [0.15, 0.2) is 0 Å². The Bertz CT molecular complexity index is 579. The van der Waals surface area contributed by atoms with Gasteiger partial charge in [0.2, 0.25) is 10.0 Å². The number of hydrogen-bond acceptors (Lipinski definition) is 4. The fraction of sp³-hybridized carbons (Fsp3) is 0.100. The van der Waals surface area contributed by atoms with Crippen molar-refractivity contribution in [2.45, 2.75) is 11.4 Å². The zero-order chi connectivity index (χ0) is 12.3. The lowest BCUT2D eigenvalue weighted by atomic mass is 10.4. The van der Waals surface area contributed by atoms with E-state index >= 15 is 0 Å². The summed E-state index contributed by atoms with van der Waals surface area (Å²) in [4.78, 5) is 4.26. The standard InChI is InChI=1S/C10H9BrN2O2S2/c11-8-1-3-10(4-2-8)17(14,15)13-5-9-6-16-7-12-9/h1-4,6-7,13H,5H2. The molecule has 0 amide bonds. The molecular weight excluding hydrogens is 324 g/mol. The summed E-state index contributed by atoms with van der Waals surface area (Å²) < 4.78 is 27.1. The summed E-state index contributed by atoms with van der Waals surface area (Å²) in [6, 6.07) is 6.48. The predicted octanol–water partition coefficient (Wildman–Crippen LogP) is 2.38. The maximum Gasteiger partial charge on any atom is 0.240 e. The second-order valence-corrected chi connectivity index (χ2v) is 6.66. The zero-order valence-corrected chi connectivity index (χ0v) is 11.8. The van der Waals surface area contributed by atoms with E-state index in [1.54, 1.807) is 29.8 Å². The topological polar surface area (TPSA) is 59.1 Å². The highest BCUT2D eigenvalue weighted by Gasteiger charge is 2.13. The van der Waals surface area contributed by atoms with Crippen LogP contribution < -0.4 is 4.72 Å². The van der Waals surface area contributed by atoms with Crippen molar-refractivity contribution in [3.63, 3.8) is 0 Å². The van der Waals surface area contributed by atoms with E-state index in [1.807, 2.05) is 5.38 Å². The minimum atomic E-state index is -3.46. The Morgan fingerprint density at radius 1 is 1.29 bits per heavy atom. The van der Waals surface area contributed by atoms with Gasteiger partial charge >= 0.3 is 0 Å². The number of sulfonamides is 1. The lowest BCUT2D eigenvalue weighted by Gasteiger charge is -2.05. The Balaban J connectivity index is 2.11. The number of rotatable bonds is 4. The largest absolute Gasteiger partial charge is 0.248 e. The van der Waals surface area contributed by atoms with Crippen molar-refractivity contribution in [3.05, 3.63) is 45.3 Å². The monoisotopic (exact) mass is 332 g/mol. The highest BCUT2D eigenvalue weighted by Crippen LogP contribution is 2.14. The molecule has 2 aromatic rings. The smallest absolute Gasteiger partial charge is 0.240 e. The van der Waals surface area contributed by atoms with Crippen molar-refractivity contribution in [1.82, 2.24) is 9.71 Å². The van der Waals surface area contributed by atoms with Crippen molar-refractivity contribution in [1.29, 1.82) is 0 Å². The average Bonchev–Trinajstić information content (AvgIpc) is 2.80. The van der Waals surface area contributed by atoms with Gasteiger partial charge in [0.25, 0.3) is 0 Å². The zero-order valence-electron chi connectivity index (χ0n) is 8.63. The molecule has 1 N–H and O–H groups in total. The molecule has 0 aliphatic carbocycles. The van der Waals surface area contributed by atoms with Crippen LogP contribution in [0.5, 0.6) is 0 Å². The van der Waals surface area contributed by atoms with Crippen LogP contribution in [-0.4, -0.2) is 13.4 Å². The number of benzene rings is 1. The summed E-state index contributed by atoms with van der Waals surface area (Å²) in [7, 11) is -3.46. The van der Waals surface area contributed by atoms with E-state index < -0.39 is 10.0 Å². The molecule has 1 heterocycles. The fourth-order valence-electron chi connectivity index (χ4n) is 1.19. The van der Waals surface area contributed by atoms with Crippen LogP contribution >= 0.6 is 27.3 Å². The van der Waals surface area contributed by atoms with Crippen molar-refractivity contribution in [2.75, 3.05) is 0 Å². The molecule has 4 nitrogen and oxygen atoms in total. The molecule has 0 saturated heterocycles. The Morgan fingerprint density at radius 2 is 2.00 bits per heavy atom. The molecule has 0 fully saturated rings. The molecule has 0 atom stereocenters. The summed E-state index contributed by atoms with van der Waals surface area (Å²) in [5.74, 6) is 0. The Morgan fingerprint density at radius 3 is 2.59 bits per heavy atom. The number of nitrogens with one attached hydrogen (secondary N) is 1. The van der Waals surface area contributed by atoms with Gasteiger partial charge in [0, 0.05) is 9.85 Å². The fourth-order valence-corrected chi connectivity index (χ4v) is 3.01. The van der Waals surface area contributed by atoms with E-state index in [0.29, 0.717) is 0 Å². The lowest BCUT2D eigenvalue weighted by molar-refractivity contribution is 0.580. The maximum absolute atomic E-state index is 11.9. The van der Waals surface area contributed by atoms with E-state index in [4.69, 9.17) is 0 Å². The molecular formula is C10H9BrN2O2S2. The van der Waals surface area contributed by atoms with Crippen LogP contribution in [0.4, 0.5) is 0 Å². The molecule has 0 saturated carbocycles. The summed E-state index contributed by atoms with van der Waals surface area (Å²) in [6.45, 7) is 0.210. The van der Waals surface area contributed by atoms with E-state index in [1.165, 1.54) is 11.3 Å². The van der Waals surface area contributed by atoms with Gasteiger partial charge in [-0.15, -0.1) is 11.3 Å². The van der Waals surface area contributed by atoms with Gasteiger partial charge in [-0.2, -0.15) is 0 Å². The first-order valence-corrected chi connectivity index (χ1v) is 7.92. The number of halogens is 1. The van der Waals surface area contributed by atoms with Crippen LogP contribution in [-0.2, 0) is 16.6 Å². The molecule has 7 heteroatoms. The molecule has 1 aromatic heterocycles. The first-order chi connectivity index (χ1) is 8.08. The van der Waals surface area contributed by atoms with E-state index in [0.717, 1.165) is 10.2 Å². The molecule has 0 spiro atoms. The molecule has 0 bridgehead atoms. The highest BCUT2D eigenvalue weighted by molar-refractivity contribution is 9.10. The van der Waals surface area contributed by atoms with Crippen molar-refractivity contribution in [2.24, 2.45) is 0 Å². The lowest BCUT2D eigenvalue weighted by Crippen LogP contribution is -2.23. The summed E-state index contributed by atoms with van der Waals surface area (Å²) in [5.41, 5.74) is 2.39. The van der Waals surface area contributed by atoms with Crippen molar-refractivity contribution < 1.29 is 8.42 Å². The van der Waals surface area contributed by atoms with Gasteiger partial charge in [0.05, 0.1) is 22.6 Å². The van der Waals surface area contributed by atoms with E-state index in [2.05, 4.69) is 25.6 Å². The van der Waals surface area contributed by atoms with E-state index in [-0.39, 0.29) is 11.4 Å². The Labute approximate surface area is 112 Å². The normalized spacial score (nSPS) is 11.6. The van der Waals surface area contributed by atoms with Crippen LogP contribution in [0.2, 0.25) is 0 Å². The second-order valence-electron chi connectivity index (χ2n) is 3.26. The number of aromatic nitrogens is 1. The van der Waals surface area contributed by atoms with Crippen molar-refractivity contribution >= 4 is 37.3 Å². The molecule has 2 rings (SSSR count). The Hall–Kier alpha value is -0.760. The number of thiazole rings is 1. The van der Waals surface area contributed by atoms with Crippen LogP contribution in [0.15, 0.2) is 44.5 Å². The summed E-state index contributed by atoms with van der Waals surface area (Å²) >= 11 is 4.69. The first kappa shape index (κ1) is 12.7. The number of hydrogen-bond donors (Lipinski definition) is 1.